The van der Waals surface area contributed by atoms with Crippen molar-refractivity contribution in [3.8, 4) is 0 Å². The van der Waals surface area contributed by atoms with Gasteiger partial charge in [0.2, 0.25) is 5.91 Å². The molecule has 1 fully saturated rings. The van der Waals surface area contributed by atoms with Crippen LogP contribution in [-0.2, 0) is 16.0 Å². The molecular weight excluding hydrogens is 273 g/mol. The topological polar surface area (TPSA) is 66.4 Å². The van der Waals surface area contributed by atoms with Crippen LogP contribution in [-0.4, -0.2) is 23.0 Å². The molecular formula is C16H20FNO3. The Morgan fingerprint density at radius 1 is 1.43 bits per heavy atom. The van der Waals surface area contributed by atoms with Crippen molar-refractivity contribution in [2.45, 2.75) is 45.1 Å². The van der Waals surface area contributed by atoms with Gasteiger partial charge in [0.05, 0.1) is 11.8 Å². The summed E-state index contributed by atoms with van der Waals surface area (Å²) in [5, 5.41) is 11.5. The van der Waals surface area contributed by atoms with Crippen molar-refractivity contribution in [2.75, 3.05) is 0 Å². The van der Waals surface area contributed by atoms with Crippen LogP contribution in [0.2, 0.25) is 0 Å². The van der Waals surface area contributed by atoms with E-state index >= 15 is 0 Å². The molecule has 1 aliphatic carbocycles. The summed E-state index contributed by atoms with van der Waals surface area (Å²) < 4.78 is 13.3. The predicted octanol–water partition coefficient (Wildman–Crippen LogP) is 2.52. The minimum Gasteiger partial charge on any atom is -0.481 e. The zero-order valence-electron chi connectivity index (χ0n) is 12.1. The van der Waals surface area contributed by atoms with Crippen molar-refractivity contribution in [3.05, 3.63) is 35.6 Å². The third kappa shape index (κ3) is 3.80. The number of nitrogens with one attached hydrogen (secondary N) is 1. The third-order valence-electron chi connectivity index (χ3n) is 4.08. The lowest BCUT2D eigenvalue weighted by molar-refractivity contribution is -0.139. The number of hydrogen-bond acceptors (Lipinski definition) is 2. The van der Waals surface area contributed by atoms with Gasteiger partial charge in [0, 0.05) is 6.04 Å². The first-order valence-electron chi connectivity index (χ1n) is 7.18. The summed E-state index contributed by atoms with van der Waals surface area (Å²) in [6, 6.07) is 5.89. The summed E-state index contributed by atoms with van der Waals surface area (Å²) in [5.74, 6) is -1.36. The molecule has 1 aromatic carbocycles. The second kappa shape index (κ2) is 6.24. The number of carboxylic acids is 1. The molecule has 1 amide bonds. The van der Waals surface area contributed by atoms with Crippen LogP contribution in [0.15, 0.2) is 24.3 Å². The number of carbonyl (C=O) groups excluding carboxylic acids is 1. The Kier molecular flexibility index (Phi) is 4.60. The number of halogens is 1. The van der Waals surface area contributed by atoms with E-state index in [1.54, 1.807) is 13.0 Å². The molecule has 0 heterocycles. The number of hydrogen-bond donors (Lipinski definition) is 2. The Morgan fingerprint density at radius 2 is 2.14 bits per heavy atom. The maximum atomic E-state index is 13.3. The average Bonchev–Trinajstić information content (AvgIpc) is 2.32. The van der Waals surface area contributed by atoms with Crippen molar-refractivity contribution in [3.63, 3.8) is 0 Å². The zero-order valence-corrected chi connectivity index (χ0v) is 12.1. The molecule has 2 rings (SSSR count). The van der Waals surface area contributed by atoms with Gasteiger partial charge in [-0.25, -0.2) is 4.39 Å². The molecule has 1 unspecified atom stereocenters. The quantitative estimate of drug-likeness (QED) is 0.847. The normalized spacial score (nSPS) is 17.6. The lowest BCUT2D eigenvalue weighted by atomic mass is 9.64. The number of benzene rings is 1. The van der Waals surface area contributed by atoms with Gasteiger partial charge in [-0.15, -0.1) is 0 Å². The molecule has 0 saturated heterocycles. The van der Waals surface area contributed by atoms with Crippen molar-refractivity contribution in [2.24, 2.45) is 5.41 Å². The van der Waals surface area contributed by atoms with E-state index < -0.39 is 17.4 Å². The van der Waals surface area contributed by atoms with Crippen LogP contribution in [0.3, 0.4) is 0 Å². The number of amides is 1. The van der Waals surface area contributed by atoms with E-state index in [0.717, 1.165) is 24.8 Å². The first-order valence-corrected chi connectivity index (χ1v) is 7.18. The summed E-state index contributed by atoms with van der Waals surface area (Å²) in [7, 11) is 0. The second-order valence-electron chi connectivity index (χ2n) is 5.91. The average molecular weight is 293 g/mol. The van der Waals surface area contributed by atoms with E-state index in [1.165, 1.54) is 12.1 Å². The molecule has 114 valence electrons. The molecule has 1 atom stereocenters. The minimum atomic E-state index is -0.935. The summed E-state index contributed by atoms with van der Waals surface area (Å²) in [4.78, 5) is 23.1. The highest BCUT2D eigenvalue weighted by Crippen LogP contribution is 2.44. The highest BCUT2D eigenvalue weighted by molar-refractivity contribution is 5.84. The molecule has 0 spiro atoms. The van der Waals surface area contributed by atoms with E-state index in [9.17, 15) is 14.0 Å². The number of carbonyl (C=O) groups is 2. The van der Waals surface area contributed by atoms with Crippen LogP contribution < -0.4 is 5.32 Å². The Bertz CT molecular complexity index is 540. The highest BCUT2D eigenvalue weighted by atomic mass is 19.1. The van der Waals surface area contributed by atoms with Gasteiger partial charge >= 0.3 is 5.97 Å². The van der Waals surface area contributed by atoms with Crippen molar-refractivity contribution in [1.29, 1.82) is 0 Å². The van der Waals surface area contributed by atoms with Crippen LogP contribution >= 0.6 is 0 Å². The number of rotatable bonds is 6. The molecule has 21 heavy (non-hydrogen) atoms. The van der Waals surface area contributed by atoms with Crippen LogP contribution in [0.25, 0.3) is 0 Å². The minimum absolute atomic E-state index is 0.0955. The fourth-order valence-electron chi connectivity index (χ4n) is 2.82. The number of aliphatic carboxylic acids is 1. The van der Waals surface area contributed by atoms with Crippen molar-refractivity contribution >= 4 is 11.9 Å². The molecule has 0 bridgehead atoms. The summed E-state index contributed by atoms with van der Waals surface area (Å²) in [6.07, 6.45) is 2.89. The molecule has 1 aromatic rings. The maximum absolute atomic E-state index is 13.3. The predicted molar refractivity (Wildman–Crippen MR) is 76.2 cm³/mol. The van der Waals surface area contributed by atoms with Gasteiger partial charge in [-0.1, -0.05) is 18.6 Å². The van der Waals surface area contributed by atoms with E-state index in [4.69, 9.17) is 5.11 Å². The molecule has 5 heteroatoms. The Labute approximate surface area is 123 Å². The fraction of sp³-hybridized carbons (Fsp3) is 0.500. The van der Waals surface area contributed by atoms with Gasteiger partial charge in [0.1, 0.15) is 5.82 Å². The van der Waals surface area contributed by atoms with E-state index in [0.29, 0.717) is 6.42 Å². The molecule has 4 nitrogen and oxygen atoms in total. The Hall–Kier alpha value is -1.91. The Morgan fingerprint density at radius 3 is 2.67 bits per heavy atom. The number of carboxylic acid groups (broad SMARTS) is 1. The summed E-state index contributed by atoms with van der Waals surface area (Å²) in [6.45, 7) is 1.68. The summed E-state index contributed by atoms with van der Waals surface area (Å²) in [5.41, 5.74) is 0.288. The van der Waals surface area contributed by atoms with Gasteiger partial charge in [-0.3, -0.25) is 9.59 Å². The van der Waals surface area contributed by atoms with E-state index in [1.807, 2.05) is 6.07 Å². The van der Waals surface area contributed by atoms with Crippen LogP contribution in [0.4, 0.5) is 4.39 Å². The lowest BCUT2D eigenvalue weighted by Gasteiger charge is -2.41. The van der Waals surface area contributed by atoms with E-state index in [2.05, 4.69) is 5.32 Å². The largest absolute Gasteiger partial charge is 0.481 e. The second-order valence-corrected chi connectivity index (χ2v) is 5.91. The monoisotopic (exact) mass is 293 g/mol. The maximum Gasteiger partial charge on any atom is 0.305 e. The molecule has 0 radical (unpaired) electrons. The third-order valence-corrected chi connectivity index (χ3v) is 4.08. The van der Waals surface area contributed by atoms with Crippen LogP contribution in [0.5, 0.6) is 0 Å². The van der Waals surface area contributed by atoms with Gasteiger partial charge in [-0.05, 0) is 43.9 Å². The molecule has 0 aromatic heterocycles. The first kappa shape index (κ1) is 15.5. The van der Waals surface area contributed by atoms with Gasteiger partial charge < -0.3 is 10.4 Å². The van der Waals surface area contributed by atoms with Crippen molar-refractivity contribution in [1.82, 2.24) is 5.32 Å². The Balaban J connectivity index is 2.03. The molecule has 1 aliphatic rings. The summed E-state index contributed by atoms with van der Waals surface area (Å²) >= 11 is 0. The highest BCUT2D eigenvalue weighted by Gasteiger charge is 2.44. The van der Waals surface area contributed by atoms with Crippen molar-refractivity contribution < 1.29 is 19.1 Å². The lowest BCUT2D eigenvalue weighted by Crippen LogP contribution is -2.50. The van der Waals surface area contributed by atoms with Gasteiger partial charge in [0.15, 0.2) is 0 Å². The van der Waals surface area contributed by atoms with Crippen LogP contribution in [0.1, 0.15) is 38.2 Å². The van der Waals surface area contributed by atoms with Gasteiger partial charge in [0.25, 0.3) is 0 Å². The fourth-order valence-corrected chi connectivity index (χ4v) is 2.82. The van der Waals surface area contributed by atoms with E-state index in [-0.39, 0.29) is 18.1 Å². The molecule has 2 N–H and O–H groups in total. The first-order chi connectivity index (χ1) is 9.91. The molecule has 1 saturated carbocycles. The smallest absolute Gasteiger partial charge is 0.305 e. The zero-order chi connectivity index (χ0) is 15.5. The van der Waals surface area contributed by atoms with Gasteiger partial charge in [-0.2, -0.15) is 0 Å². The molecule has 0 aliphatic heterocycles. The SMILES string of the molecule is CC(CC(=O)O)NC(=O)C1(Cc2cccc(F)c2)CCC1. The van der Waals surface area contributed by atoms with Crippen LogP contribution in [0, 0.1) is 11.2 Å². The standard InChI is InChI=1S/C16H20FNO3/c1-11(8-14(19)20)18-15(21)16(6-3-7-16)10-12-4-2-5-13(17)9-12/h2,4-5,9,11H,3,6-8,10H2,1H3,(H,18,21)(H,19,20).